The Morgan fingerprint density at radius 2 is 2.38 bits per heavy atom. The third-order valence-electron chi connectivity index (χ3n) is 1.39. The number of anilines is 1. The van der Waals surface area contributed by atoms with Gasteiger partial charge >= 0.3 is 0 Å². The zero-order valence-electron chi connectivity index (χ0n) is 7.47. The molecule has 0 aliphatic rings. The van der Waals surface area contributed by atoms with Crippen molar-refractivity contribution in [1.82, 2.24) is 20.2 Å². The van der Waals surface area contributed by atoms with Gasteiger partial charge in [0.05, 0.1) is 19.8 Å². The Morgan fingerprint density at radius 1 is 1.54 bits per heavy atom. The minimum atomic E-state index is 0.0471. The molecule has 1 rings (SSSR count). The SMILES string of the molecule is Cn1nnnc1NCCOCCO. The predicted octanol–water partition coefficient (Wildman–Crippen LogP) is -1.37. The van der Waals surface area contributed by atoms with E-state index in [1.165, 1.54) is 4.68 Å². The third-order valence-corrected chi connectivity index (χ3v) is 1.39. The van der Waals surface area contributed by atoms with Crippen LogP contribution in [0.4, 0.5) is 5.95 Å². The quantitative estimate of drug-likeness (QED) is 0.534. The summed E-state index contributed by atoms with van der Waals surface area (Å²) in [5.41, 5.74) is 0. The summed E-state index contributed by atoms with van der Waals surface area (Å²) in [4.78, 5) is 0. The van der Waals surface area contributed by atoms with Gasteiger partial charge in [0.25, 0.3) is 0 Å². The molecular weight excluding hydrogens is 174 g/mol. The van der Waals surface area contributed by atoms with Gasteiger partial charge in [-0.2, -0.15) is 0 Å². The molecule has 1 aromatic heterocycles. The first-order chi connectivity index (χ1) is 6.34. The number of aliphatic hydroxyl groups is 1. The van der Waals surface area contributed by atoms with Crippen LogP contribution >= 0.6 is 0 Å². The first-order valence-corrected chi connectivity index (χ1v) is 3.99. The number of hydrogen-bond donors (Lipinski definition) is 2. The van der Waals surface area contributed by atoms with E-state index in [0.29, 0.717) is 25.7 Å². The summed E-state index contributed by atoms with van der Waals surface area (Å²) in [6.45, 7) is 1.55. The van der Waals surface area contributed by atoms with E-state index < -0.39 is 0 Å². The first kappa shape index (κ1) is 9.87. The number of nitrogens with one attached hydrogen (secondary N) is 1. The lowest BCUT2D eigenvalue weighted by Gasteiger charge is -2.03. The summed E-state index contributed by atoms with van der Waals surface area (Å²) in [5.74, 6) is 0.604. The Labute approximate surface area is 75.7 Å². The number of aryl methyl sites for hydroxylation is 1. The second-order valence-corrected chi connectivity index (χ2v) is 2.39. The number of aromatic nitrogens is 4. The van der Waals surface area contributed by atoms with Crippen LogP contribution in [0.5, 0.6) is 0 Å². The van der Waals surface area contributed by atoms with Crippen LogP contribution in [0, 0.1) is 0 Å². The molecule has 2 N–H and O–H groups in total. The van der Waals surface area contributed by atoms with Gasteiger partial charge in [0.1, 0.15) is 0 Å². The van der Waals surface area contributed by atoms with Crippen LogP contribution in [0.25, 0.3) is 0 Å². The summed E-state index contributed by atoms with van der Waals surface area (Å²) in [5, 5.41) is 22.2. The van der Waals surface area contributed by atoms with Crippen LogP contribution in [-0.4, -0.2) is 51.7 Å². The summed E-state index contributed by atoms with van der Waals surface area (Å²) in [6.07, 6.45) is 0. The van der Waals surface area contributed by atoms with Gasteiger partial charge < -0.3 is 15.2 Å². The van der Waals surface area contributed by atoms with Crippen molar-refractivity contribution in [2.45, 2.75) is 0 Å². The highest BCUT2D eigenvalue weighted by atomic mass is 16.5. The number of rotatable bonds is 6. The van der Waals surface area contributed by atoms with Crippen molar-refractivity contribution in [1.29, 1.82) is 0 Å². The maximum absolute atomic E-state index is 8.41. The Hall–Kier alpha value is -1.21. The van der Waals surface area contributed by atoms with Crippen molar-refractivity contribution in [3.63, 3.8) is 0 Å². The molecule has 0 radical (unpaired) electrons. The van der Waals surface area contributed by atoms with Crippen LogP contribution in [-0.2, 0) is 11.8 Å². The smallest absolute Gasteiger partial charge is 0.242 e. The topological polar surface area (TPSA) is 85.1 Å². The van der Waals surface area contributed by atoms with E-state index in [2.05, 4.69) is 20.8 Å². The van der Waals surface area contributed by atoms with Crippen LogP contribution in [0.2, 0.25) is 0 Å². The fourth-order valence-electron chi connectivity index (χ4n) is 0.781. The van der Waals surface area contributed by atoms with Gasteiger partial charge in [0.15, 0.2) is 0 Å². The Morgan fingerprint density at radius 3 is 3.00 bits per heavy atom. The van der Waals surface area contributed by atoms with Crippen molar-refractivity contribution >= 4 is 5.95 Å². The molecule has 7 heteroatoms. The molecule has 1 aromatic rings. The summed E-state index contributed by atoms with van der Waals surface area (Å²) >= 11 is 0. The van der Waals surface area contributed by atoms with Gasteiger partial charge in [-0.05, 0) is 10.4 Å². The molecular formula is C6H13N5O2. The van der Waals surface area contributed by atoms with E-state index in [1.54, 1.807) is 7.05 Å². The van der Waals surface area contributed by atoms with Crippen LogP contribution < -0.4 is 5.32 Å². The molecule has 0 spiro atoms. The molecule has 0 bridgehead atoms. The van der Waals surface area contributed by atoms with Gasteiger partial charge in [0.2, 0.25) is 5.95 Å². The molecule has 13 heavy (non-hydrogen) atoms. The van der Waals surface area contributed by atoms with Gasteiger partial charge in [-0.15, -0.1) is 0 Å². The third kappa shape index (κ3) is 3.34. The fourth-order valence-corrected chi connectivity index (χ4v) is 0.781. The fraction of sp³-hybridized carbons (Fsp3) is 0.833. The van der Waals surface area contributed by atoms with E-state index in [-0.39, 0.29) is 6.61 Å². The zero-order valence-corrected chi connectivity index (χ0v) is 7.47. The van der Waals surface area contributed by atoms with Gasteiger partial charge in [0, 0.05) is 13.6 Å². The lowest BCUT2D eigenvalue weighted by molar-refractivity contribution is 0.0991. The van der Waals surface area contributed by atoms with Crippen LogP contribution in [0.15, 0.2) is 0 Å². The molecule has 0 fully saturated rings. The lowest BCUT2D eigenvalue weighted by atomic mass is 10.6. The molecule has 7 nitrogen and oxygen atoms in total. The van der Waals surface area contributed by atoms with Crippen molar-refractivity contribution < 1.29 is 9.84 Å². The van der Waals surface area contributed by atoms with Crippen molar-refractivity contribution in [3.05, 3.63) is 0 Å². The minimum Gasteiger partial charge on any atom is -0.394 e. The molecule has 0 unspecified atom stereocenters. The molecule has 74 valence electrons. The highest BCUT2D eigenvalue weighted by Crippen LogP contribution is 1.93. The van der Waals surface area contributed by atoms with E-state index in [1.807, 2.05) is 0 Å². The average Bonchev–Trinajstić information content (AvgIpc) is 2.52. The molecule has 0 aliphatic heterocycles. The van der Waals surface area contributed by atoms with Gasteiger partial charge in [-0.3, -0.25) is 0 Å². The number of nitrogens with zero attached hydrogens (tertiary/aromatic N) is 4. The van der Waals surface area contributed by atoms with Gasteiger partial charge in [-0.1, -0.05) is 5.10 Å². The Bertz CT molecular complexity index is 239. The van der Waals surface area contributed by atoms with Crippen molar-refractivity contribution in [3.8, 4) is 0 Å². The average molecular weight is 187 g/mol. The number of ether oxygens (including phenoxy) is 1. The van der Waals surface area contributed by atoms with Crippen molar-refractivity contribution in [2.24, 2.45) is 7.05 Å². The van der Waals surface area contributed by atoms with E-state index in [9.17, 15) is 0 Å². The number of tetrazole rings is 1. The highest BCUT2D eigenvalue weighted by molar-refractivity contribution is 5.20. The maximum Gasteiger partial charge on any atom is 0.242 e. The number of hydrogen-bond acceptors (Lipinski definition) is 6. The molecule has 1 heterocycles. The lowest BCUT2D eigenvalue weighted by Crippen LogP contribution is -2.13. The normalized spacial score (nSPS) is 10.3. The minimum absolute atomic E-state index is 0.0471. The molecule has 0 aliphatic carbocycles. The largest absolute Gasteiger partial charge is 0.394 e. The Kier molecular flexibility index (Phi) is 4.13. The van der Waals surface area contributed by atoms with Crippen LogP contribution in [0.3, 0.4) is 0 Å². The molecule has 0 saturated carbocycles. The van der Waals surface area contributed by atoms with Crippen LogP contribution in [0.1, 0.15) is 0 Å². The Balaban J connectivity index is 2.10. The first-order valence-electron chi connectivity index (χ1n) is 3.99. The van der Waals surface area contributed by atoms with E-state index in [4.69, 9.17) is 9.84 Å². The standard InChI is InChI=1S/C6H13N5O2/c1-11-6(8-9-10-11)7-2-4-13-5-3-12/h12H,2-5H2,1H3,(H,7,8,10). The zero-order chi connectivity index (χ0) is 9.52. The highest BCUT2D eigenvalue weighted by Gasteiger charge is 1.98. The summed E-state index contributed by atoms with van der Waals surface area (Å²) < 4.78 is 6.56. The molecule has 0 amide bonds. The molecule has 0 aromatic carbocycles. The van der Waals surface area contributed by atoms with Crippen molar-refractivity contribution in [2.75, 3.05) is 31.7 Å². The van der Waals surface area contributed by atoms with E-state index >= 15 is 0 Å². The van der Waals surface area contributed by atoms with E-state index in [0.717, 1.165) is 0 Å². The monoisotopic (exact) mass is 187 g/mol. The second kappa shape index (κ2) is 5.44. The summed E-state index contributed by atoms with van der Waals surface area (Å²) in [6, 6.07) is 0. The predicted molar refractivity (Wildman–Crippen MR) is 45.2 cm³/mol. The van der Waals surface area contributed by atoms with Gasteiger partial charge in [-0.25, -0.2) is 4.68 Å². The molecule has 0 saturated heterocycles. The summed E-state index contributed by atoms with van der Waals surface area (Å²) in [7, 11) is 1.75. The molecule has 0 atom stereocenters. The maximum atomic E-state index is 8.41. The second-order valence-electron chi connectivity index (χ2n) is 2.39. The number of aliphatic hydroxyl groups excluding tert-OH is 1.